The summed E-state index contributed by atoms with van der Waals surface area (Å²) in [6.45, 7) is 2.33. The van der Waals surface area contributed by atoms with Crippen molar-refractivity contribution < 1.29 is 0 Å². The molecule has 1 aliphatic heterocycles. The van der Waals surface area contributed by atoms with Crippen molar-refractivity contribution in [2.24, 2.45) is 15.9 Å². The third-order valence-corrected chi connectivity index (χ3v) is 3.74. The first-order valence-corrected chi connectivity index (χ1v) is 6.44. The van der Waals surface area contributed by atoms with E-state index < -0.39 is 0 Å². The predicted molar refractivity (Wildman–Crippen MR) is 68.7 cm³/mol. The molecule has 0 bridgehead atoms. The standard InChI is InChI=1S/C13H18N4/c1-9-2-4-10(5-3-9)17-13-6-11-12(7-14-13)16-8-15-11/h7-10H,2-6H2,1H3,(H,15,16). The second kappa shape index (κ2) is 4.43. The van der Waals surface area contributed by atoms with Crippen LogP contribution in [0.3, 0.4) is 0 Å². The van der Waals surface area contributed by atoms with Crippen LogP contribution in [0.15, 0.2) is 16.3 Å². The fourth-order valence-corrected chi connectivity index (χ4v) is 2.59. The SMILES string of the molecule is CC1CCC(N=C2Cc3[nH]cnc3C=N2)CC1. The van der Waals surface area contributed by atoms with E-state index in [1.54, 1.807) is 6.33 Å². The molecule has 0 amide bonds. The number of rotatable bonds is 1. The first-order valence-electron chi connectivity index (χ1n) is 6.44. The van der Waals surface area contributed by atoms with Crippen molar-refractivity contribution >= 4 is 12.1 Å². The molecule has 0 unspecified atom stereocenters. The maximum absolute atomic E-state index is 4.78. The van der Waals surface area contributed by atoms with Crippen molar-refractivity contribution in [2.75, 3.05) is 0 Å². The highest BCUT2D eigenvalue weighted by Crippen LogP contribution is 2.26. The third-order valence-electron chi connectivity index (χ3n) is 3.74. The lowest BCUT2D eigenvalue weighted by molar-refractivity contribution is 0.349. The molecule has 2 aliphatic rings. The Balaban J connectivity index is 1.70. The van der Waals surface area contributed by atoms with E-state index in [9.17, 15) is 0 Å². The predicted octanol–water partition coefficient (Wildman–Crippen LogP) is 2.36. The normalized spacial score (nSPS) is 30.5. The van der Waals surface area contributed by atoms with E-state index in [4.69, 9.17) is 4.99 Å². The van der Waals surface area contributed by atoms with E-state index in [1.165, 1.54) is 25.7 Å². The second-order valence-electron chi connectivity index (χ2n) is 5.16. The van der Waals surface area contributed by atoms with Gasteiger partial charge in [0.25, 0.3) is 0 Å². The summed E-state index contributed by atoms with van der Waals surface area (Å²) in [6, 6.07) is 0.489. The molecule has 0 aromatic carbocycles. The number of H-pyrrole nitrogens is 1. The Morgan fingerprint density at radius 3 is 2.94 bits per heavy atom. The number of amidine groups is 1. The number of aromatic amines is 1. The van der Waals surface area contributed by atoms with Crippen LogP contribution in [0.5, 0.6) is 0 Å². The van der Waals surface area contributed by atoms with Gasteiger partial charge in [-0.15, -0.1) is 0 Å². The van der Waals surface area contributed by atoms with Gasteiger partial charge in [-0.05, 0) is 31.6 Å². The zero-order chi connectivity index (χ0) is 11.7. The largest absolute Gasteiger partial charge is 0.348 e. The highest BCUT2D eigenvalue weighted by molar-refractivity contribution is 5.99. The summed E-state index contributed by atoms with van der Waals surface area (Å²) in [5, 5.41) is 0. The molecule has 90 valence electrons. The first kappa shape index (κ1) is 10.7. The lowest BCUT2D eigenvalue weighted by Gasteiger charge is -2.23. The molecule has 0 spiro atoms. The third kappa shape index (κ3) is 2.30. The van der Waals surface area contributed by atoms with E-state index in [0.717, 1.165) is 29.6 Å². The van der Waals surface area contributed by atoms with Crippen molar-refractivity contribution in [1.29, 1.82) is 0 Å². The van der Waals surface area contributed by atoms with Crippen LogP contribution >= 0.6 is 0 Å². The molecule has 3 rings (SSSR count). The van der Waals surface area contributed by atoms with Gasteiger partial charge in [0, 0.05) is 6.42 Å². The van der Waals surface area contributed by atoms with E-state index in [0.29, 0.717) is 6.04 Å². The number of aromatic nitrogens is 2. The maximum Gasteiger partial charge on any atom is 0.129 e. The summed E-state index contributed by atoms with van der Waals surface area (Å²) in [5.41, 5.74) is 2.10. The van der Waals surface area contributed by atoms with Crippen LogP contribution in [-0.2, 0) is 6.42 Å². The zero-order valence-corrected chi connectivity index (χ0v) is 10.2. The van der Waals surface area contributed by atoms with Crippen LogP contribution in [0, 0.1) is 5.92 Å². The van der Waals surface area contributed by atoms with Gasteiger partial charge < -0.3 is 4.98 Å². The lowest BCUT2D eigenvalue weighted by Crippen LogP contribution is -2.19. The summed E-state index contributed by atoms with van der Waals surface area (Å²) in [6.07, 6.45) is 9.40. The Morgan fingerprint density at radius 1 is 1.29 bits per heavy atom. The van der Waals surface area contributed by atoms with Crippen molar-refractivity contribution in [3.8, 4) is 0 Å². The molecule has 0 saturated heterocycles. The Bertz CT molecular complexity index is 450. The number of imidazole rings is 1. The number of hydrogen-bond acceptors (Lipinski definition) is 2. The summed E-state index contributed by atoms with van der Waals surface area (Å²) < 4.78 is 0. The van der Waals surface area contributed by atoms with Crippen molar-refractivity contribution in [1.82, 2.24) is 9.97 Å². The fourth-order valence-electron chi connectivity index (χ4n) is 2.59. The van der Waals surface area contributed by atoms with Gasteiger partial charge >= 0.3 is 0 Å². The monoisotopic (exact) mass is 230 g/mol. The molecule has 1 aromatic heterocycles. The molecule has 1 saturated carbocycles. The van der Waals surface area contributed by atoms with Gasteiger partial charge in [-0.3, -0.25) is 4.99 Å². The molecule has 1 aromatic rings. The van der Waals surface area contributed by atoms with Crippen LogP contribution < -0.4 is 0 Å². The Labute approximate surface area is 101 Å². The van der Waals surface area contributed by atoms with Gasteiger partial charge in [-0.1, -0.05) is 6.92 Å². The Hall–Kier alpha value is -1.45. The molecule has 4 heteroatoms. The number of aliphatic imine (C=N–C) groups is 2. The maximum atomic E-state index is 4.78. The minimum Gasteiger partial charge on any atom is -0.348 e. The fraction of sp³-hybridized carbons (Fsp3) is 0.615. The quantitative estimate of drug-likeness (QED) is 0.791. The van der Waals surface area contributed by atoms with Gasteiger partial charge in [0.15, 0.2) is 0 Å². The number of fused-ring (bicyclic) bond motifs is 1. The van der Waals surface area contributed by atoms with E-state index in [2.05, 4.69) is 21.9 Å². The van der Waals surface area contributed by atoms with E-state index >= 15 is 0 Å². The molecule has 0 atom stereocenters. The molecule has 2 heterocycles. The average Bonchev–Trinajstić information content (AvgIpc) is 2.79. The average molecular weight is 230 g/mol. The van der Waals surface area contributed by atoms with Crippen LogP contribution in [0.2, 0.25) is 0 Å². The molecule has 1 N–H and O–H groups in total. The van der Waals surface area contributed by atoms with Crippen LogP contribution in [0.25, 0.3) is 0 Å². The van der Waals surface area contributed by atoms with Crippen LogP contribution in [0.4, 0.5) is 0 Å². The molecule has 0 radical (unpaired) electrons. The molecule has 17 heavy (non-hydrogen) atoms. The lowest BCUT2D eigenvalue weighted by atomic mass is 9.88. The van der Waals surface area contributed by atoms with Gasteiger partial charge in [-0.25, -0.2) is 9.98 Å². The number of hydrogen-bond donors (Lipinski definition) is 1. The number of nitrogens with one attached hydrogen (secondary N) is 1. The summed E-state index contributed by atoms with van der Waals surface area (Å²) in [5.74, 6) is 1.84. The molecule has 1 fully saturated rings. The van der Waals surface area contributed by atoms with Crippen LogP contribution in [-0.4, -0.2) is 28.1 Å². The van der Waals surface area contributed by atoms with Gasteiger partial charge in [0.05, 0.1) is 24.3 Å². The van der Waals surface area contributed by atoms with Gasteiger partial charge in [-0.2, -0.15) is 0 Å². The second-order valence-corrected chi connectivity index (χ2v) is 5.16. The number of nitrogens with zero attached hydrogens (tertiary/aromatic N) is 3. The summed E-state index contributed by atoms with van der Waals surface area (Å²) >= 11 is 0. The molecular weight excluding hydrogens is 212 g/mol. The highest BCUT2D eigenvalue weighted by Gasteiger charge is 2.19. The molecule has 1 aliphatic carbocycles. The van der Waals surface area contributed by atoms with Gasteiger partial charge in [0.2, 0.25) is 0 Å². The Morgan fingerprint density at radius 2 is 2.12 bits per heavy atom. The van der Waals surface area contributed by atoms with Crippen molar-refractivity contribution in [2.45, 2.75) is 45.1 Å². The summed E-state index contributed by atoms with van der Waals surface area (Å²) in [4.78, 5) is 16.5. The first-order chi connectivity index (χ1) is 8.31. The molecule has 4 nitrogen and oxygen atoms in total. The van der Waals surface area contributed by atoms with Crippen LogP contribution in [0.1, 0.15) is 44.0 Å². The van der Waals surface area contributed by atoms with Crippen molar-refractivity contribution in [3.05, 3.63) is 17.7 Å². The Kier molecular flexibility index (Phi) is 2.79. The minimum absolute atomic E-state index is 0.489. The smallest absolute Gasteiger partial charge is 0.129 e. The summed E-state index contributed by atoms with van der Waals surface area (Å²) in [7, 11) is 0. The zero-order valence-electron chi connectivity index (χ0n) is 10.2. The van der Waals surface area contributed by atoms with E-state index in [1.807, 2.05) is 6.21 Å². The minimum atomic E-state index is 0.489. The molecular formula is C13H18N4. The van der Waals surface area contributed by atoms with Gasteiger partial charge in [0.1, 0.15) is 11.5 Å². The van der Waals surface area contributed by atoms with E-state index in [-0.39, 0.29) is 0 Å². The highest BCUT2D eigenvalue weighted by atomic mass is 15.0. The van der Waals surface area contributed by atoms with Crippen molar-refractivity contribution in [3.63, 3.8) is 0 Å². The topological polar surface area (TPSA) is 53.4 Å².